The summed E-state index contributed by atoms with van der Waals surface area (Å²) < 4.78 is 10.8. The standard InChI is InChI=1S/C25H28N2O7/c1-14(33-2)22(23(29)27-12-15(28)11-21(27)24(30)31)26-25(32)34-13-20-18-9-5-3-7-16(18)17-8-4-6-10-19(17)20/h3-10,14-15,20-22,28H,11-13H2,1-2H3,(H,26,32)(H,30,31)/t14?,15?,21-,22?/m0/s1. The minimum Gasteiger partial charge on any atom is -0.480 e. The number of carboxylic acid groups (broad SMARTS) is 1. The van der Waals surface area contributed by atoms with Crippen molar-refractivity contribution in [3.05, 3.63) is 59.7 Å². The van der Waals surface area contributed by atoms with E-state index in [1.54, 1.807) is 6.92 Å². The van der Waals surface area contributed by atoms with Crippen molar-refractivity contribution in [2.45, 2.75) is 43.6 Å². The first-order valence-corrected chi connectivity index (χ1v) is 11.2. The van der Waals surface area contributed by atoms with E-state index < -0.39 is 42.3 Å². The van der Waals surface area contributed by atoms with Gasteiger partial charge in [0, 0.05) is 26.0 Å². The number of nitrogens with zero attached hydrogens (tertiary/aromatic N) is 1. The van der Waals surface area contributed by atoms with Crippen molar-refractivity contribution >= 4 is 18.0 Å². The number of alkyl carbamates (subject to hydrolysis) is 1. The highest BCUT2D eigenvalue weighted by Gasteiger charge is 2.43. The van der Waals surface area contributed by atoms with Crippen LogP contribution in [0.25, 0.3) is 11.1 Å². The van der Waals surface area contributed by atoms with Crippen molar-refractivity contribution < 1.29 is 34.1 Å². The molecule has 0 aromatic heterocycles. The third-order valence-corrected chi connectivity index (χ3v) is 6.57. The molecule has 1 aliphatic carbocycles. The summed E-state index contributed by atoms with van der Waals surface area (Å²) in [4.78, 5) is 38.5. The first kappa shape index (κ1) is 23.7. The number of aliphatic hydroxyl groups excluding tert-OH is 1. The Bertz CT molecular complexity index is 1040. The third kappa shape index (κ3) is 4.49. The SMILES string of the molecule is COC(C)C(NC(=O)OCC1c2ccccc2-c2ccccc21)C(=O)N1CC(O)C[C@H]1C(=O)O. The maximum atomic E-state index is 13.1. The van der Waals surface area contributed by atoms with E-state index in [2.05, 4.69) is 5.32 Å². The van der Waals surface area contributed by atoms with Gasteiger partial charge in [0.05, 0.1) is 12.2 Å². The zero-order valence-corrected chi connectivity index (χ0v) is 19.0. The smallest absolute Gasteiger partial charge is 0.407 e. The van der Waals surface area contributed by atoms with E-state index in [9.17, 15) is 24.6 Å². The van der Waals surface area contributed by atoms with Crippen LogP contribution in [-0.4, -0.2) is 77.6 Å². The molecule has 1 fully saturated rings. The van der Waals surface area contributed by atoms with Crippen molar-refractivity contribution in [2.75, 3.05) is 20.3 Å². The van der Waals surface area contributed by atoms with Crippen LogP contribution in [0, 0.1) is 0 Å². The number of methoxy groups -OCH3 is 1. The normalized spacial score (nSPS) is 20.9. The lowest BCUT2D eigenvalue weighted by Gasteiger charge is -2.29. The Kier molecular flexibility index (Phi) is 6.85. The monoisotopic (exact) mass is 468 g/mol. The lowest BCUT2D eigenvalue weighted by Crippen LogP contribution is -2.56. The number of hydrogen-bond donors (Lipinski definition) is 3. The summed E-state index contributed by atoms with van der Waals surface area (Å²) in [7, 11) is 1.39. The maximum absolute atomic E-state index is 13.1. The summed E-state index contributed by atoms with van der Waals surface area (Å²) in [6.07, 6.45) is -2.57. The molecule has 0 spiro atoms. The Hall–Kier alpha value is -3.43. The van der Waals surface area contributed by atoms with Crippen molar-refractivity contribution in [1.82, 2.24) is 10.2 Å². The second kappa shape index (κ2) is 9.82. The van der Waals surface area contributed by atoms with Gasteiger partial charge in [0.25, 0.3) is 0 Å². The average Bonchev–Trinajstić information content (AvgIpc) is 3.38. The summed E-state index contributed by atoms with van der Waals surface area (Å²) in [6.45, 7) is 1.53. The van der Waals surface area contributed by atoms with Gasteiger partial charge in [-0.05, 0) is 29.2 Å². The molecular formula is C25H28N2O7. The molecule has 2 aliphatic rings. The highest BCUT2D eigenvalue weighted by molar-refractivity contribution is 5.90. The molecule has 2 aromatic rings. The molecule has 0 saturated carbocycles. The maximum Gasteiger partial charge on any atom is 0.407 e. The largest absolute Gasteiger partial charge is 0.480 e. The van der Waals surface area contributed by atoms with Gasteiger partial charge in [-0.25, -0.2) is 9.59 Å². The molecule has 2 amide bonds. The van der Waals surface area contributed by atoms with Crippen LogP contribution in [-0.2, 0) is 19.1 Å². The second-order valence-electron chi connectivity index (χ2n) is 8.62. The van der Waals surface area contributed by atoms with E-state index in [4.69, 9.17) is 9.47 Å². The topological polar surface area (TPSA) is 125 Å². The molecule has 1 saturated heterocycles. The molecule has 9 heteroatoms. The summed E-state index contributed by atoms with van der Waals surface area (Å²) in [5.74, 6) is -2.00. The lowest BCUT2D eigenvalue weighted by molar-refractivity contribution is -0.150. The van der Waals surface area contributed by atoms with E-state index in [0.717, 1.165) is 27.2 Å². The highest BCUT2D eigenvalue weighted by atomic mass is 16.5. The van der Waals surface area contributed by atoms with Gasteiger partial charge < -0.3 is 29.9 Å². The number of rotatable bonds is 7. The Morgan fingerprint density at radius 3 is 2.24 bits per heavy atom. The number of β-amino-alcohol motifs (C(OH)–C–C–N with tert-alkyl or cyclic N) is 1. The minimum absolute atomic E-state index is 0.0693. The minimum atomic E-state index is -1.21. The van der Waals surface area contributed by atoms with Gasteiger partial charge in [-0.15, -0.1) is 0 Å². The second-order valence-corrected chi connectivity index (χ2v) is 8.62. The van der Waals surface area contributed by atoms with E-state index >= 15 is 0 Å². The number of likely N-dealkylation sites (tertiary alicyclic amines) is 1. The molecule has 34 heavy (non-hydrogen) atoms. The number of aliphatic carboxylic acids is 1. The van der Waals surface area contributed by atoms with E-state index in [-0.39, 0.29) is 25.5 Å². The van der Waals surface area contributed by atoms with Crippen LogP contribution in [0.4, 0.5) is 4.79 Å². The molecule has 0 bridgehead atoms. The molecule has 4 rings (SSSR count). The summed E-state index contributed by atoms with van der Waals surface area (Å²) in [6, 6.07) is 13.6. The molecule has 0 radical (unpaired) electrons. The Morgan fingerprint density at radius 2 is 1.68 bits per heavy atom. The molecule has 2 aromatic carbocycles. The van der Waals surface area contributed by atoms with Crippen LogP contribution < -0.4 is 5.32 Å². The zero-order chi connectivity index (χ0) is 24.4. The van der Waals surface area contributed by atoms with E-state index in [0.29, 0.717) is 0 Å². The predicted octanol–water partition coefficient (Wildman–Crippen LogP) is 1.97. The third-order valence-electron chi connectivity index (χ3n) is 6.57. The predicted molar refractivity (Wildman–Crippen MR) is 122 cm³/mol. The molecule has 9 nitrogen and oxygen atoms in total. The summed E-state index contributed by atoms with van der Waals surface area (Å²) in [5, 5.41) is 21.9. The Balaban J connectivity index is 1.46. The number of carboxylic acids is 1. The van der Waals surface area contributed by atoms with Crippen LogP contribution in [0.5, 0.6) is 0 Å². The number of amides is 2. The highest BCUT2D eigenvalue weighted by Crippen LogP contribution is 2.44. The molecule has 3 N–H and O–H groups in total. The first-order valence-electron chi connectivity index (χ1n) is 11.2. The van der Waals surface area contributed by atoms with E-state index in [1.165, 1.54) is 7.11 Å². The van der Waals surface area contributed by atoms with Gasteiger partial charge in [0.2, 0.25) is 5.91 Å². The van der Waals surface area contributed by atoms with Crippen LogP contribution >= 0.6 is 0 Å². The first-order chi connectivity index (χ1) is 16.3. The summed E-state index contributed by atoms with van der Waals surface area (Å²) in [5.41, 5.74) is 4.32. The Labute approximate surface area is 197 Å². The van der Waals surface area contributed by atoms with Gasteiger partial charge >= 0.3 is 12.1 Å². The molecule has 180 valence electrons. The Morgan fingerprint density at radius 1 is 1.09 bits per heavy atom. The number of carbonyl (C=O) groups excluding carboxylic acids is 2. The van der Waals surface area contributed by atoms with Crippen molar-refractivity contribution in [3.63, 3.8) is 0 Å². The van der Waals surface area contributed by atoms with Crippen LogP contribution in [0.2, 0.25) is 0 Å². The van der Waals surface area contributed by atoms with E-state index in [1.807, 2.05) is 48.5 Å². The van der Waals surface area contributed by atoms with Gasteiger partial charge in [0.15, 0.2) is 0 Å². The number of nitrogens with one attached hydrogen (secondary N) is 1. The number of fused-ring (bicyclic) bond motifs is 3. The van der Waals surface area contributed by atoms with Crippen molar-refractivity contribution in [2.24, 2.45) is 0 Å². The fourth-order valence-electron chi connectivity index (χ4n) is 4.75. The van der Waals surface area contributed by atoms with Gasteiger partial charge in [-0.1, -0.05) is 48.5 Å². The van der Waals surface area contributed by atoms with Crippen LogP contribution in [0.15, 0.2) is 48.5 Å². The van der Waals surface area contributed by atoms with Crippen molar-refractivity contribution in [1.29, 1.82) is 0 Å². The lowest BCUT2D eigenvalue weighted by atomic mass is 9.98. The molecular weight excluding hydrogens is 440 g/mol. The number of benzene rings is 2. The quantitative estimate of drug-likeness (QED) is 0.567. The number of hydrogen-bond acceptors (Lipinski definition) is 6. The average molecular weight is 469 g/mol. The molecule has 1 heterocycles. The van der Waals surface area contributed by atoms with Gasteiger partial charge in [-0.3, -0.25) is 4.79 Å². The van der Waals surface area contributed by atoms with Gasteiger partial charge in [-0.2, -0.15) is 0 Å². The van der Waals surface area contributed by atoms with Gasteiger partial charge in [0.1, 0.15) is 18.7 Å². The fraction of sp³-hybridized carbons (Fsp3) is 0.400. The van der Waals surface area contributed by atoms with Crippen LogP contribution in [0.1, 0.15) is 30.4 Å². The summed E-state index contributed by atoms with van der Waals surface area (Å²) >= 11 is 0. The number of aliphatic hydroxyl groups is 1. The fourth-order valence-corrected chi connectivity index (χ4v) is 4.75. The number of ether oxygens (including phenoxy) is 2. The van der Waals surface area contributed by atoms with Crippen LogP contribution in [0.3, 0.4) is 0 Å². The van der Waals surface area contributed by atoms with Crippen molar-refractivity contribution in [3.8, 4) is 11.1 Å². The number of carbonyl (C=O) groups is 3. The zero-order valence-electron chi connectivity index (χ0n) is 19.0. The molecule has 4 atom stereocenters. The molecule has 1 aliphatic heterocycles. The molecule has 3 unspecified atom stereocenters.